The molecule has 4 heteroatoms. The van der Waals surface area contributed by atoms with Crippen molar-refractivity contribution in [2.75, 3.05) is 27.2 Å². The van der Waals surface area contributed by atoms with Gasteiger partial charge in [0.25, 0.3) is 0 Å². The third-order valence-corrected chi connectivity index (χ3v) is 2.70. The zero-order chi connectivity index (χ0) is 11.1. The average Bonchev–Trinajstić information content (AvgIpc) is 2.18. The van der Waals surface area contributed by atoms with E-state index in [9.17, 15) is 4.79 Å². The highest BCUT2D eigenvalue weighted by atomic mass is 16.5. The van der Waals surface area contributed by atoms with Gasteiger partial charge in [-0.2, -0.15) is 0 Å². The number of likely N-dealkylation sites (N-methyl/N-ethyl adjacent to an activating group) is 1. The fourth-order valence-corrected chi connectivity index (χ4v) is 1.78. The third-order valence-electron chi connectivity index (χ3n) is 2.70. The molecule has 15 heavy (non-hydrogen) atoms. The van der Waals surface area contributed by atoms with Crippen LogP contribution in [0.15, 0.2) is 0 Å². The molecule has 0 bridgehead atoms. The van der Waals surface area contributed by atoms with Gasteiger partial charge < -0.3 is 15.0 Å². The summed E-state index contributed by atoms with van der Waals surface area (Å²) in [4.78, 5) is 13.3. The van der Waals surface area contributed by atoms with Crippen LogP contribution < -0.4 is 5.32 Å². The Morgan fingerprint density at radius 3 is 2.60 bits per heavy atom. The van der Waals surface area contributed by atoms with Gasteiger partial charge in [0, 0.05) is 12.6 Å². The van der Waals surface area contributed by atoms with E-state index in [2.05, 4.69) is 5.32 Å². The van der Waals surface area contributed by atoms with Gasteiger partial charge in [-0.1, -0.05) is 19.3 Å². The summed E-state index contributed by atoms with van der Waals surface area (Å²) in [6.07, 6.45) is 5.69. The minimum atomic E-state index is -0.260. The second kappa shape index (κ2) is 6.67. The van der Waals surface area contributed by atoms with Crippen molar-refractivity contribution >= 4 is 6.09 Å². The predicted molar refractivity (Wildman–Crippen MR) is 59.9 cm³/mol. The number of nitrogens with one attached hydrogen (secondary N) is 1. The monoisotopic (exact) mass is 214 g/mol. The van der Waals surface area contributed by atoms with Crippen molar-refractivity contribution < 1.29 is 9.53 Å². The summed E-state index contributed by atoms with van der Waals surface area (Å²) < 4.78 is 5.06. The number of nitrogens with zero attached hydrogens (tertiary/aromatic N) is 1. The van der Waals surface area contributed by atoms with Crippen molar-refractivity contribution in [2.45, 2.75) is 38.1 Å². The number of hydrogen-bond acceptors (Lipinski definition) is 3. The molecule has 0 aromatic rings. The van der Waals surface area contributed by atoms with Crippen LogP contribution in [0.1, 0.15) is 32.1 Å². The number of carbonyl (C=O) groups is 1. The van der Waals surface area contributed by atoms with E-state index < -0.39 is 0 Å². The molecule has 1 aliphatic carbocycles. The maximum Gasteiger partial charge on any atom is 0.407 e. The molecule has 1 amide bonds. The molecule has 1 N–H and O–H groups in total. The van der Waals surface area contributed by atoms with Gasteiger partial charge >= 0.3 is 6.09 Å². The Balaban J connectivity index is 2.06. The topological polar surface area (TPSA) is 41.6 Å². The second-order valence-corrected chi connectivity index (χ2v) is 4.42. The van der Waals surface area contributed by atoms with Crippen LogP contribution in [-0.2, 0) is 4.74 Å². The van der Waals surface area contributed by atoms with E-state index in [4.69, 9.17) is 4.74 Å². The van der Waals surface area contributed by atoms with Crippen LogP contribution >= 0.6 is 0 Å². The third kappa shape index (κ3) is 5.62. The van der Waals surface area contributed by atoms with Crippen LogP contribution in [0.5, 0.6) is 0 Å². The molecule has 0 aromatic carbocycles. The Hall–Kier alpha value is -0.770. The van der Waals surface area contributed by atoms with Crippen molar-refractivity contribution in [3.8, 4) is 0 Å². The maximum atomic E-state index is 11.3. The first-order valence-corrected chi connectivity index (χ1v) is 5.76. The number of rotatable bonds is 4. The number of alkyl carbamates (subject to hydrolysis) is 1. The van der Waals surface area contributed by atoms with Crippen molar-refractivity contribution in [2.24, 2.45) is 0 Å². The molecule has 0 radical (unpaired) electrons. The molecule has 1 aliphatic rings. The summed E-state index contributed by atoms with van der Waals surface area (Å²) in [7, 11) is 3.92. The van der Waals surface area contributed by atoms with Gasteiger partial charge in [0.05, 0.1) is 0 Å². The lowest BCUT2D eigenvalue weighted by Gasteiger charge is -2.22. The zero-order valence-corrected chi connectivity index (χ0v) is 9.79. The number of hydrogen-bond donors (Lipinski definition) is 1. The van der Waals surface area contributed by atoms with E-state index in [1.165, 1.54) is 19.3 Å². The standard InChI is InChI=1S/C11H22N2O2/c1-13(2)8-9-15-11(14)12-10-6-4-3-5-7-10/h10H,3-9H2,1-2H3,(H,12,14). The van der Waals surface area contributed by atoms with E-state index in [1.807, 2.05) is 19.0 Å². The number of amides is 1. The summed E-state index contributed by atoms with van der Waals surface area (Å²) in [6, 6.07) is 0.339. The minimum absolute atomic E-state index is 0.260. The molecule has 0 aliphatic heterocycles. The van der Waals surface area contributed by atoms with E-state index in [0.29, 0.717) is 12.6 Å². The first-order chi connectivity index (χ1) is 7.18. The normalized spacial score (nSPS) is 17.8. The Bertz CT molecular complexity index is 189. The molecule has 0 atom stereocenters. The highest BCUT2D eigenvalue weighted by Gasteiger charge is 2.15. The molecule has 0 spiro atoms. The molecule has 0 aromatic heterocycles. The highest BCUT2D eigenvalue weighted by Crippen LogP contribution is 2.17. The van der Waals surface area contributed by atoms with Crippen LogP contribution in [-0.4, -0.2) is 44.3 Å². The van der Waals surface area contributed by atoms with Gasteiger partial charge in [-0.15, -0.1) is 0 Å². The summed E-state index contributed by atoms with van der Waals surface area (Å²) >= 11 is 0. The molecule has 4 nitrogen and oxygen atoms in total. The molecule has 0 saturated heterocycles. The van der Waals surface area contributed by atoms with Crippen LogP contribution in [0.2, 0.25) is 0 Å². The first kappa shape index (κ1) is 12.3. The Labute approximate surface area is 92.0 Å². The maximum absolute atomic E-state index is 11.3. The van der Waals surface area contributed by atoms with Gasteiger partial charge in [0.1, 0.15) is 6.61 Å². The minimum Gasteiger partial charge on any atom is -0.448 e. The lowest BCUT2D eigenvalue weighted by atomic mass is 9.96. The van der Waals surface area contributed by atoms with Gasteiger partial charge in [-0.05, 0) is 26.9 Å². The Kier molecular flexibility index (Phi) is 5.47. The molecular formula is C11H22N2O2. The van der Waals surface area contributed by atoms with E-state index >= 15 is 0 Å². The molecule has 0 heterocycles. The molecule has 1 saturated carbocycles. The van der Waals surface area contributed by atoms with Gasteiger partial charge in [-0.3, -0.25) is 0 Å². The van der Waals surface area contributed by atoms with Gasteiger partial charge in [0.2, 0.25) is 0 Å². The second-order valence-electron chi connectivity index (χ2n) is 4.42. The van der Waals surface area contributed by atoms with E-state index in [1.54, 1.807) is 0 Å². The number of ether oxygens (including phenoxy) is 1. The summed E-state index contributed by atoms with van der Waals surface area (Å²) in [5.41, 5.74) is 0. The van der Waals surface area contributed by atoms with E-state index in [0.717, 1.165) is 19.4 Å². The predicted octanol–water partition coefficient (Wildman–Crippen LogP) is 1.61. The summed E-state index contributed by atoms with van der Waals surface area (Å²) in [5, 5.41) is 2.91. The lowest BCUT2D eigenvalue weighted by Crippen LogP contribution is -2.37. The highest BCUT2D eigenvalue weighted by molar-refractivity contribution is 5.67. The Morgan fingerprint density at radius 2 is 2.00 bits per heavy atom. The van der Waals surface area contributed by atoms with Crippen LogP contribution in [0, 0.1) is 0 Å². The molecule has 0 unspecified atom stereocenters. The van der Waals surface area contributed by atoms with Crippen molar-refractivity contribution in [1.82, 2.24) is 10.2 Å². The lowest BCUT2D eigenvalue weighted by molar-refractivity contribution is 0.130. The van der Waals surface area contributed by atoms with E-state index in [-0.39, 0.29) is 6.09 Å². The average molecular weight is 214 g/mol. The van der Waals surface area contributed by atoms with Gasteiger partial charge in [0.15, 0.2) is 0 Å². The molecule has 88 valence electrons. The summed E-state index contributed by atoms with van der Waals surface area (Å²) in [6.45, 7) is 1.24. The smallest absolute Gasteiger partial charge is 0.407 e. The van der Waals surface area contributed by atoms with Gasteiger partial charge in [-0.25, -0.2) is 4.79 Å². The van der Waals surface area contributed by atoms with Crippen molar-refractivity contribution in [1.29, 1.82) is 0 Å². The first-order valence-electron chi connectivity index (χ1n) is 5.76. The Morgan fingerprint density at radius 1 is 1.33 bits per heavy atom. The van der Waals surface area contributed by atoms with Crippen molar-refractivity contribution in [3.05, 3.63) is 0 Å². The molecular weight excluding hydrogens is 192 g/mol. The fraction of sp³-hybridized carbons (Fsp3) is 0.909. The molecule has 1 rings (SSSR count). The summed E-state index contributed by atoms with van der Waals surface area (Å²) in [5.74, 6) is 0. The van der Waals surface area contributed by atoms with Crippen LogP contribution in [0.3, 0.4) is 0 Å². The van der Waals surface area contributed by atoms with Crippen LogP contribution in [0.25, 0.3) is 0 Å². The zero-order valence-electron chi connectivity index (χ0n) is 9.79. The van der Waals surface area contributed by atoms with Crippen LogP contribution in [0.4, 0.5) is 4.79 Å². The number of carbonyl (C=O) groups excluding carboxylic acids is 1. The van der Waals surface area contributed by atoms with Crippen molar-refractivity contribution in [3.63, 3.8) is 0 Å². The fourth-order valence-electron chi connectivity index (χ4n) is 1.78. The largest absolute Gasteiger partial charge is 0.448 e. The molecule has 1 fully saturated rings. The quantitative estimate of drug-likeness (QED) is 0.773. The SMILES string of the molecule is CN(C)CCOC(=O)NC1CCCCC1.